The Morgan fingerprint density at radius 3 is 2.64 bits per heavy atom. The predicted octanol–water partition coefficient (Wildman–Crippen LogP) is 1.38. The van der Waals surface area contributed by atoms with Crippen LogP contribution in [0, 0.1) is 0 Å². The number of likely N-dealkylation sites (N-methyl/N-ethyl adjacent to an activating group) is 1. The second-order valence-electron chi connectivity index (χ2n) is 2.56. The summed E-state index contributed by atoms with van der Waals surface area (Å²) < 4.78 is 0. The van der Waals surface area contributed by atoms with Gasteiger partial charge in [0.1, 0.15) is 0 Å². The van der Waals surface area contributed by atoms with E-state index in [1.807, 2.05) is 0 Å². The molecule has 0 aromatic carbocycles. The van der Waals surface area contributed by atoms with Gasteiger partial charge in [0.05, 0.1) is 5.70 Å². The summed E-state index contributed by atoms with van der Waals surface area (Å²) in [6, 6.07) is 0. The summed E-state index contributed by atoms with van der Waals surface area (Å²) in [5.74, 6) is 0. The molecule has 62 valence electrons. The maximum Gasteiger partial charge on any atom is 0.0533 e. The van der Waals surface area contributed by atoms with E-state index in [0.717, 1.165) is 19.5 Å². The third-order valence-corrected chi connectivity index (χ3v) is 1.69. The van der Waals surface area contributed by atoms with Gasteiger partial charge in [0.15, 0.2) is 0 Å². The minimum absolute atomic E-state index is 0.995. The molecular formula is C9H16N2. The molecule has 0 radical (unpaired) electrons. The van der Waals surface area contributed by atoms with Gasteiger partial charge in [0.25, 0.3) is 0 Å². The van der Waals surface area contributed by atoms with Gasteiger partial charge >= 0.3 is 0 Å². The average Bonchev–Trinajstić information content (AvgIpc) is 2.39. The number of rotatable bonds is 4. The van der Waals surface area contributed by atoms with Crippen molar-refractivity contribution in [1.29, 1.82) is 0 Å². The van der Waals surface area contributed by atoms with Crippen molar-refractivity contribution in [3.8, 4) is 0 Å². The highest BCUT2D eigenvalue weighted by atomic mass is 14.9. The molecule has 0 fully saturated rings. The standard InChI is InChI=1S/C9H16N2/c1-3-10-8-6-5-7-9(8)11-4-2/h5-6,10-11H,3-4,7H2,1-2H3. The van der Waals surface area contributed by atoms with E-state index in [-0.39, 0.29) is 0 Å². The van der Waals surface area contributed by atoms with Crippen molar-refractivity contribution >= 4 is 0 Å². The van der Waals surface area contributed by atoms with Crippen LogP contribution < -0.4 is 10.6 Å². The van der Waals surface area contributed by atoms with Gasteiger partial charge in [-0.25, -0.2) is 0 Å². The fourth-order valence-corrected chi connectivity index (χ4v) is 1.24. The third-order valence-electron chi connectivity index (χ3n) is 1.69. The summed E-state index contributed by atoms with van der Waals surface area (Å²) in [5, 5.41) is 6.64. The first-order chi connectivity index (χ1) is 5.38. The zero-order valence-electron chi connectivity index (χ0n) is 7.28. The molecule has 0 amide bonds. The smallest absolute Gasteiger partial charge is 0.0533 e. The van der Waals surface area contributed by atoms with Gasteiger partial charge in [-0.3, -0.25) is 0 Å². The molecule has 0 bridgehead atoms. The Bertz CT molecular complexity index is 180. The van der Waals surface area contributed by atoms with Crippen molar-refractivity contribution in [3.05, 3.63) is 23.5 Å². The van der Waals surface area contributed by atoms with Gasteiger partial charge < -0.3 is 10.6 Å². The molecule has 11 heavy (non-hydrogen) atoms. The monoisotopic (exact) mass is 152 g/mol. The van der Waals surface area contributed by atoms with Crippen molar-refractivity contribution in [1.82, 2.24) is 10.6 Å². The third kappa shape index (κ3) is 2.00. The second kappa shape index (κ2) is 4.06. The van der Waals surface area contributed by atoms with E-state index in [0.29, 0.717) is 0 Å². The molecule has 0 aromatic rings. The Morgan fingerprint density at radius 1 is 1.27 bits per heavy atom. The molecule has 0 unspecified atom stereocenters. The van der Waals surface area contributed by atoms with E-state index >= 15 is 0 Å². The maximum atomic E-state index is 3.33. The quantitative estimate of drug-likeness (QED) is 0.636. The molecule has 0 aliphatic heterocycles. The Morgan fingerprint density at radius 2 is 2.00 bits per heavy atom. The van der Waals surface area contributed by atoms with Gasteiger partial charge in [-0.05, 0) is 19.9 Å². The first-order valence-electron chi connectivity index (χ1n) is 4.26. The minimum Gasteiger partial charge on any atom is -0.387 e. The van der Waals surface area contributed by atoms with Crippen LogP contribution in [0.4, 0.5) is 0 Å². The van der Waals surface area contributed by atoms with Gasteiger partial charge in [0, 0.05) is 25.2 Å². The van der Waals surface area contributed by atoms with E-state index in [1.54, 1.807) is 0 Å². The molecule has 1 rings (SSSR count). The van der Waals surface area contributed by atoms with Gasteiger partial charge in [-0.15, -0.1) is 0 Å². The highest BCUT2D eigenvalue weighted by Gasteiger charge is 2.05. The zero-order valence-corrected chi connectivity index (χ0v) is 7.28. The van der Waals surface area contributed by atoms with E-state index in [9.17, 15) is 0 Å². The molecular weight excluding hydrogens is 136 g/mol. The van der Waals surface area contributed by atoms with Crippen LogP contribution in [0.3, 0.4) is 0 Å². The van der Waals surface area contributed by atoms with Crippen LogP contribution in [0.25, 0.3) is 0 Å². The fourth-order valence-electron chi connectivity index (χ4n) is 1.24. The van der Waals surface area contributed by atoms with Crippen molar-refractivity contribution < 1.29 is 0 Å². The van der Waals surface area contributed by atoms with Gasteiger partial charge in [0.2, 0.25) is 0 Å². The summed E-state index contributed by atoms with van der Waals surface area (Å²) in [4.78, 5) is 0. The van der Waals surface area contributed by atoms with Crippen molar-refractivity contribution in [2.24, 2.45) is 0 Å². The summed E-state index contributed by atoms with van der Waals surface area (Å²) in [6.07, 6.45) is 5.37. The molecule has 0 atom stereocenters. The first kappa shape index (κ1) is 8.18. The zero-order chi connectivity index (χ0) is 8.10. The predicted molar refractivity (Wildman–Crippen MR) is 48.1 cm³/mol. The summed E-state index contributed by atoms with van der Waals surface area (Å²) in [6.45, 7) is 6.23. The molecule has 0 spiro atoms. The van der Waals surface area contributed by atoms with Crippen LogP contribution in [0.1, 0.15) is 20.3 Å². The molecule has 2 N–H and O–H groups in total. The molecule has 0 saturated heterocycles. The lowest BCUT2D eigenvalue weighted by atomic mass is 10.3. The minimum atomic E-state index is 0.995. The lowest BCUT2D eigenvalue weighted by Crippen LogP contribution is -2.19. The van der Waals surface area contributed by atoms with Crippen molar-refractivity contribution in [2.45, 2.75) is 20.3 Å². The summed E-state index contributed by atoms with van der Waals surface area (Å²) >= 11 is 0. The topological polar surface area (TPSA) is 24.1 Å². The van der Waals surface area contributed by atoms with Crippen molar-refractivity contribution in [3.63, 3.8) is 0 Å². The van der Waals surface area contributed by atoms with Gasteiger partial charge in [-0.2, -0.15) is 0 Å². The lowest BCUT2D eigenvalue weighted by molar-refractivity contribution is 0.785. The molecule has 2 heteroatoms. The number of hydrogen-bond acceptors (Lipinski definition) is 2. The molecule has 0 aromatic heterocycles. The largest absolute Gasteiger partial charge is 0.387 e. The normalized spacial score (nSPS) is 15.8. The second-order valence-corrected chi connectivity index (χ2v) is 2.56. The summed E-state index contributed by atoms with van der Waals surface area (Å²) in [7, 11) is 0. The number of allylic oxidation sites excluding steroid dienone is 2. The van der Waals surface area contributed by atoms with Gasteiger partial charge in [-0.1, -0.05) is 6.08 Å². The van der Waals surface area contributed by atoms with Crippen LogP contribution in [0.2, 0.25) is 0 Å². The van der Waals surface area contributed by atoms with Crippen LogP contribution >= 0.6 is 0 Å². The van der Waals surface area contributed by atoms with Crippen LogP contribution in [-0.4, -0.2) is 13.1 Å². The van der Waals surface area contributed by atoms with Crippen molar-refractivity contribution in [2.75, 3.05) is 13.1 Å². The number of hydrogen-bond donors (Lipinski definition) is 2. The molecule has 0 heterocycles. The summed E-state index contributed by atoms with van der Waals surface area (Å²) in [5.41, 5.74) is 2.59. The highest BCUT2D eigenvalue weighted by molar-refractivity contribution is 5.31. The molecule has 1 aliphatic carbocycles. The Labute approximate surface area is 68.4 Å². The fraction of sp³-hybridized carbons (Fsp3) is 0.556. The average molecular weight is 152 g/mol. The van der Waals surface area contributed by atoms with Crippen LogP contribution in [0.15, 0.2) is 23.5 Å². The van der Waals surface area contributed by atoms with E-state index in [1.165, 1.54) is 11.4 Å². The number of nitrogens with one attached hydrogen (secondary N) is 2. The van der Waals surface area contributed by atoms with E-state index in [4.69, 9.17) is 0 Å². The first-order valence-corrected chi connectivity index (χ1v) is 4.26. The molecule has 0 saturated carbocycles. The lowest BCUT2D eigenvalue weighted by Gasteiger charge is -2.08. The Balaban J connectivity index is 2.52. The SMILES string of the molecule is CCNC1=C(NCC)CC=C1. The van der Waals surface area contributed by atoms with E-state index < -0.39 is 0 Å². The Kier molecular flexibility index (Phi) is 3.02. The molecule has 1 aliphatic rings. The Hall–Kier alpha value is -0.920. The van der Waals surface area contributed by atoms with Crippen LogP contribution in [0.5, 0.6) is 0 Å². The van der Waals surface area contributed by atoms with E-state index in [2.05, 4.69) is 36.6 Å². The highest BCUT2D eigenvalue weighted by Crippen LogP contribution is 2.13. The maximum absolute atomic E-state index is 3.33. The van der Waals surface area contributed by atoms with Crippen LogP contribution in [-0.2, 0) is 0 Å². The molecule has 2 nitrogen and oxygen atoms in total.